The number of thiocarbonyl (C=S) groups is 1. The smallest absolute Gasteiger partial charge is 0.197 e. The van der Waals surface area contributed by atoms with Crippen molar-refractivity contribution in [1.82, 2.24) is 0 Å². The monoisotopic (exact) mass is 338 g/mol. The highest BCUT2D eigenvalue weighted by Gasteiger charge is 2.47. The highest BCUT2D eigenvalue weighted by atomic mass is 32.1. The molecule has 0 radical (unpaired) electrons. The maximum Gasteiger partial charge on any atom is 0.197 e. The number of methoxy groups -OCH3 is 1. The molecule has 1 aliphatic heterocycles. The van der Waals surface area contributed by atoms with Crippen molar-refractivity contribution in [1.29, 1.82) is 0 Å². The van der Waals surface area contributed by atoms with Crippen LogP contribution in [0.4, 0.5) is 0 Å². The Morgan fingerprint density at radius 2 is 2.04 bits per heavy atom. The van der Waals surface area contributed by atoms with E-state index in [9.17, 15) is 0 Å². The van der Waals surface area contributed by atoms with Gasteiger partial charge >= 0.3 is 0 Å². The molecule has 0 bridgehead atoms. The number of ether oxygens (including phenoxy) is 5. The molecular weight excluding hydrogens is 316 g/mol. The van der Waals surface area contributed by atoms with E-state index in [1.54, 1.807) is 13.2 Å². The van der Waals surface area contributed by atoms with Gasteiger partial charge in [0.1, 0.15) is 17.8 Å². The molecule has 0 N–H and O–H groups in total. The molecule has 0 spiro atoms. The van der Waals surface area contributed by atoms with Crippen LogP contribution in [0.15, 0.2) is 43.0 Å². The lowest BCUT2D eigenvalue weighted by Gasteiger charge is -2.22. The Bertz CT molecular complexity index is 481. The first-order valence-electron chi connectivity index (χ1n) is 7.41. The molecule has 5 nitrogen and oxygen atoms in total. The third-order valence-electron chi connectivity index (χ3n) is 3.51. The number of rotatable bonds is 10. The summed E-state index contributed by atoms with van der Waals surface area (Å²) in [4.78, 5) is 0. The van der Waals surface area contributed by atoms with Gasteiger partial charge in [-0.05, 0) is 17.8 Å². The molecule has 2 rings (SSSR count). The third-order valence-corrected chi connectivity index (χ3v) is 3.62. The van der Waals surface area contributed by atoms with Gasteiger partial charge in [0.25, 0.3) is 0 Å². The van der Waals surface area contributed by atoms with Gasteiger partial charge < -0.3 is 23.7 Å². The Morgan fingerprint density at radius 1 is 1.26 bits per heavy atom. The maximum atomic E-state index is 5.83. The van der Waals surface area contributed by atoms with Crippen LogP contribution in [0.1, 0.15) is 5.56 Å². The average molecular weight is 338 g/mol. The summed E-state index contributed by atoms with van der Waals surface area (Å²) in [6.45, 7) is 4.92. The van der Waals surface area contributed by atoms with Crippen LogP contribution >= 0.6 is 12.2 Å². The molecule has 0 unspecified atom stereocenters. The van der Waals surface area contributed by atoms with Crippen LogP contribution in [0, 0.1) is 0 Å². The first-order valence-corrected chi connectivity index (χ1v) is 7.88. The molecular formula is C17H22O5S. The van der Waals surface area contributed by atoms with Crippen LogP contribution < -0.4 is 0 Å². The van der Waals surface area contributed by atoms with E-state index in [1.165, 1.54) is 5.55 Å². The fraction of sp³-hybridized carbons (Fsp3) is 0.471. The highest BCUT2D eigenvalue weighted by molar-refractivity contribution is 7.78. The molecule has 1 aliphatic rings. The predicted octanol–water partition coefficient (Wildman–Crippen LogP) is 2.49. The predicted molar refractivity (Wildman–Crippen MR) is 90.2 cm³/mol. The topological polar surface area (TPSA) is 46.2 Å². The standard InChI is InChI=1S/C17H22O5S/c1-3-9-20-15-14(22-17(18-2)16(15)21-12-23)11-19-10-13-7-5-4-6-8-13/h3-8,12,14-17H,1,9-11H2,2H3/t14-,15-,16-,17+/m1/s1. The van der Waals surface area contributed by atoms with Crippen LogP contribution in [-0.4, -0.2) is 50.5 Å². The van der Waals surface area contributed by atoms with Gasteiger partial charge in [0.2, 0.25) is 0 Å². The molecule has 1 aromatic rings. The molecule has 0 aromatic heterocycles. The number of benzene rings is 1. The summed E-state index contributed by atoms with van der Waals surface area (Å²) in [5.41, 5.74) is 2.31. The second-order valence-corrected chi connectivity index (χ2v) is 5.26. The van der Waals surface area contributed by atoms with Crippen molar-refractivity contribution in [2.45, 2.75) is 31.2 Å². The minimum absolute atomic E-state index is 0.302. The van der Waals surface area contributed by atoms with Crippen molar-refractivity contribution >= 4 is 17.8 Å². The number of hydrogen-bond acceptors (Lipinski definition) is 6. The van der Waals surface area contributed by atoms with E-state index in [0.717, 1.165) is 5.56 Å². The van der Waals surface area contributed by atoms with E-state index in [-0.39, 0.29) is 12.2 Å². The Kier molecular flexibility index (Phi) is 7.64. The lowest BCUT2D eigenvalue weighted by Crippen LogP contribution is -2.39. The largest absolute Gasteiger partial charge is 0.478 e. The Morgan fingerprint density at radius 3 is 2.70 bits per heavy atom. The van der Waals surface area contributed by atoms with Crippen molar-refractivity contribution in [2.75, 3.05) is 20.3 Å². The van der Waals surface area contributed by atoms with Crippen molar-refractivity contribution in [3.8, 4) is 0 Å². The maximum absolute atomic E-state index is 5.83. The summed E-state index contributed by atoms with van der Waals surface area (Å²) in [6.07, 6.45) is 0.0600. The zero-order valence-electron chi connectivity index (χ0n) is 13.1. The van der Waals surface area contributed by atoms with Crippen LogP contribution in [0.25, 0.3) is 0 Å². The van der Waals surface area contributed by atoms with Crippen molar-refractivity contribution in [3.05, 3.63) is 48.6 Å². The van der Waals surface area contributed by atoms with Gasteiger partial charge in [0.15, 0.2) is 12.4 Å². The van der Waals surface area contributed by atoms with Gasteiger partial charge in [-0.15, -0.1) is 6.58 Å². The Balaban J connectivity index is 1.93. The second kappa shape index (κ2) is 9.75. The summed E-state index contributed by atoms with van der Waals surface area (Å²) < 4.78 is 28.1. The summed E-state index contributed by atoms with van der Waals surface area (Å²) >= 11 is 4.78. The highest BCUT2D eigenvalue weighted by Crippen LogP contribution is 2.27. The minimum atomic E-state index is -0.547. The van der Waals surface area contributed by atoms with Gasteiger partial charge in [0, 0.05) is 7.11 Å². The normalized spacial score (nSPS) is 26.8. The van der Waals surface area contributed by atoms with Crippen molar-refractivity contribution in [2.24, 2.45) is 0 Å². The molecule has 0 saturated carbocycles. The average Bonchev–Trinajstić information content (AvgIpc) is 2.91. The van der Waals surface area contributed by atoms with Gasteiger partial charge in [-0.25, -0.2) is 0 Å². The first-order chi connectivity index (χ1) is 11.3. The molecule has 0 aliphatic carbocycles. The molecule has 6 heteroatoms. The van der Waals surface area contributed by atoms with Crippen molar-refractivity contribution < 1.29 is 23.7 Å². The zero-order valence-corrected chi connectivity index (χ0v) is 13.9. The van der Waals surface area contributed by atoms with E-state index >= 15 is 0 Å². The number of hydrogen-bond donors (Lipinski definition) is 0. The third kappa shape index (κ3) is 5.09. The summed E-state index contributed by atoms with van der Waals surface area (Å²) in [6, 6.07) is 9.95. The van der Waals surface area contributed by atoms with E-state index in [0.29, 0.717) is 19.8 Å². The van der Waals surface area contributed by atoms with Gasteiger partial charge in [-0.2, -0.15) is 0 Å². The SMILES string of the molecule is C=CCO[C@H]1[C@@H](OC=S)[C@@H](OC)O[C@@H]1COCc1ccccc1. The fourth-order valence-electron chi connectivity index (χ4n) is 2.47. The summed E-state index contributed by atoms with van der Waals surface area (Å²) in [7, 11) is 1.56. The molecule has 1 fully saturated rings. The quantitative estimate of drug-likeness (QED) is 0.482. The van der Waals surface area contributed by atoms with Crippen LogP contribution in [0.2, 0.25) is 0 Å². The zero-order chi connectivity index (χ0) is 16.5. The molecule has 1 aromatic carbocycles. The Labute approximate surface area is 142 Å². The van der Waals surface area contributed by atoms with Crippen LogP contribution in [0.3, 0.4) is 0 Å². The van der Waals surface area contributed by atoms with Crippen LogP contribution in [-0.2, 0) is 30.3 Å². The molecule has 1 heterocycles. The minimum Gasteiger partial charge on any atom is -0.478 e. The molecule has 1 saturated heterocycles. The van der Waals surface area contributed by atoms with E-state index in [4.69, 9.17) is 35.9 Å². The molecule has 0 amide bonds. The van der Waals surface area contributed by atoms with E-state index in [1.807, 2.05) is 30.3 Å². The summed E-state index contributed by atoms with van der Waals surface area (Å²) in [5.74, 6) is 0. The van der Waals surface area contributed by atoms with Gasteiger partial charge in [-0.1, -0.05) is 36.4 Å². The van der Waals surface area contributed by atoms with E-state index < -0.39 is 12.4 Å². The lowest BCUT2D eigenvalue weighted by molar-refractivity contribution is -0.153. The summed E-state index contributed by atoms with van der Waals surface area (Å²) in [5, 5.41) is 0. The Hall–Kier alpha value is -1.31. The van der Waals surface area contributed by atoms with Gasteiger partial charge in [-0.3, -0.25) is 0 Å². The van der Waals surface area contributed by atoms with Crippen molar-refractivity contribution in [3.63, 3.8) is 0 Å². The lowest BCUT2D eigenvalue weighted by atomic mass is 10.1. The van der Waals surface area contributed by atoms with Crippen LogP contribution in [0.5, 0.6) is 0 Å². The second-order valence-electron chi connectivity index (χ2n) is 5.06. The fourth-order valence-corrected chi connectivity index (χ4v) is 2.60. The van der Waals surface area contributed by atoms with E-state index in [2.05, 4.69) is 6.58 Å². The van der Waals surface area contributed by atoms with Gasteiger partial charge in [0.05, 0.1) is 19.8 Å². The first kappa shape index (κ1) is 18.0. The molecule has 126 valence electrons. The molecule has 4 atom stereocenters. The molecule has 23 heavy (non-hydrogen) atoms.